The normalized spacial score (nSPS) is 22.0. The summed E-state index contributed by atoms with van der Waals surface area (Å²) in [5.74, 6) is -0.127. The number of carbonyl (C=O) groups excluding carboxylic acids is 1. The minimum Gasteiger partial charge on any atom is -0.487 e. The molecule has 3 heterocycles. The zero-order valence-corrected chi connectivity index (χ0v) is 15.4. The predicted molar refractivity (Wildman–Crippen MR) is 104 cm³/mol. The summed E-state index contributed by atoms with van der Waals surface area (Å²) in [4.78, 5) is 14.8. The van der Waals surface area contributed by atoms with Crippen molar-refractivity contribution in [2.24, 2.45) is 0 Å². The van der Waals surface area contributed by atoms with Gasteiger partial charge in [-0.1, -0.05) is 18.2 Å². The molecule has 1 saturated heterocycles. The van der Waals surface area contributed by atoms with Crippen LogP contribution in [0.2, 0.25) is 0 Å². The van der Waals surface area contributed by atoms with Crippen LogP contribution in [0.3, 0.4) is 0 Å². The lowest BCUT2D eigenvalue weighted by atomic mass is 9.98. The summed E-state index contributed by atoms with van der Waals surface area (Å²) < 4.78 is 19.6. The van der Waals surface area contributed by atoms with Crippen LogP contribution < -0.4 is 5.32 Å². The number of likely N-dealkylation sites (tertiary alicyclic amines) is 1. The van der Waals surface area contributed by atoms with E-state index in [0.29, 0.717) is 29.2 Å². The molecule has 0 saturated carbocycles. The highest BCUT2D eigenvalue weighted by Crippen LogP contribution is 2.42. The van der Waals surface area contributed by atoms with Crippen molar-refractivity contribution in [1.29, 1.82) is 0 Å². The van der Waals surface area contributed by atoms with E-state index in [1.807, 2.05) is 6.07 Å². The van der Waals surface area contributed by atoms with E-state index in [1.165, 1.54) is 17.7 Å². The number of hydrogen-bond donors (Lipinski definition) is 2. The van der Waals surface area contributed by atoms with Gasteiger partial charge in [0.25, 0.3) is 5.91 Å². The summed E-state index contributed by atoms with van der Waals surface area (Å²) in [7, 11) is 0. The van der Waals surface area contributed by atoms with Crippen molar-refractivity contribution in [3.63, 3.8) is 0 Å². The number of piperidine rings is 1. The Morgan fingerprint density at radius 3 is 2.79 bits per heavy atom. The first-order valence-corrected chi connectivity index (χ1v) is 9.59. The van der Waals surface area contributed by atoms with Crippen molar-refractivity contribution in [2.75, 3.05) is 18.4 Å². The smallest absolute Gasteiger partial charge is 0.260 e. The first-order valence-electron chi connectivity index (χ1n) is 9.59. The van der Waals surface area contributed by atoms with E-state index < -0.39 is 0 Å². The lowest BCUT2D eigenvalue weighted by molar-refractivity contribution is -0.110. The maximum Gasteiger partial charge on any atom is 0.260 e. The maximum absolute atomic E-state index is 13.7. The third-order valence-corrected chi connectivity index (χ3v) is 5.70. The fourth-order valence-corrected chi connectivity index (χ4v) is 4.22. The van der Waals surface area contributed by atoms with Gasteiger partial charge in [0.15, 0.2) is 0 Å². The number of nitrogens with one attached hydrogen (secondary N) is 1. The van der Waals surface area contributed by atoms with E-state index >= 15 is 0 Å². The molecule has 28 heavy (non-hydrogen) atoms. The number of aliphatic hydroxyl groups excluding tert-OH is 1. The Balaban J connectivity index is 1.45. The molecular weight excluding hydrogens is 359 g/mol. The van der Waals surface area contributed by atoms with Crippen LogP contribution >= 0.6 is 0 Å². The van der Waals surface area contributed by atoms with Crippen LogP contribution in [0.1, 0.15) is 35.1 Å². The molecule has 2 aromatic carbocycles. The summed E-state index contributed by atoms with van der Waals surface area (Å²) in [5.41, 5.74) is 4.66. The number of halogens is 1. The van der Waals surface area contributed by atoms with Gasteiger partial charge < -0.3 is 15.2 Å². The summed E-state index contributed by atoms with van der Waals surface area (Å²) in [6.45, 7) is 3.03. The highest BCUT2D eigenvalue weighted by Gasteiger charge is 2.33. The Bertz CT molecular complexity index is 993. The number of nitrogens with zero attached hydrogens (tertiary/aromatic N) is 1. The number of benzene rings is 2. The fraction of sp³-hybridized carbons (Fsp3) is 0.318. The lowest BCUT2D eigenvalue weighted by Gasteiger charge is -2.29. The lowest BCUT2D eigenvalue weighted by Crippen LogP contribution is -2.35. The molecule has 1 fully saturated rings. The molecule has 3 aliphatic rings. The maximum atomic E-state index is 13.7. The molecule has 2 N–H and O–H groups in total. The molecule has 144 valence electrons. The zero-order chi connectivity index (χ0) is 19.3. The highest BCUT2D eigenvalue weighted by molar-refractivity contribution is 6.36. The summed E-state index contributed by atoms with van der Waals surface area (Å²) in [6.07, 6.45) is 1.45. The van der Waals surface area contributed by atoms with Gasteiger partial charge in [-0.05, 0) is 36.6 Å². The average molecular weight is 380 g/mol. The van der Waals surface area contributed by atoms with Gasteiger partial charge in [0.05, 0.1) is 11.7 Å². The van der Waals surface area contributed by atoms with Gasteiger partial charge >= 0.3 is 0 Å². The van der Waals surface area contributed by atoms with Crippen molar-refractivity contribution < 1.29 is 19.0 Å². The second kappa shape index (κ2) is 6.72. The van der Waals surface area contributed by atoms with Gasteiger partial charge in [0.1, 0.15) is 18.2 Å². The molecule has 5 rings (SSSR count). The Hall–Kier alpha value is -2.70. The number of fused-ring (bicyclic) bond motifs is 2. The number of hydrogen-bond acceptors (Lipinski definition) is 4. The number of amides is 1. The average Bonchev–Trinajstić information content (AvgIpc) is 3.22. The third-order valence-electron chi connectivity index (χ3n) is 5.70. The Morgan fingerprint density at radius 1 is 1.14 bits per heavy atom. The fourth-order valence-electron chi connectivity index (χ4n) is 4.22. The molecule has 3 aliphatic heterocycles. The first kappa shape index (κ1) is 17.4. The first-order chi connectivity index (χ1) is 13.6. The van der Waals surface area contributed by atoms with Crippen LogP contribution in [-0.2, 0) is 22.7 Å². The van der Waals surface area contributed by atoms with E-state index in [9.17, 15) is 14.3 Å². The predicted octanol–water partition coefficient (Wildman–Crippen LogP) is 3.13. The SMILES string of the molecule is O=C1Nc2ccc(F)cc2C1=C1OCc2cc(CN3CCC(O)CC3)ccc21. The Kier molecular flexibility index (Phi) is 4.18. The van der Waals surface area contributed by atoms with E-state index in [2.05, 4.69) is 22.3 Å². The topological polar surface area (TPSA) is 61.8 Å². The minimum atomic E-state index is -0.381. The molecule has 0 atom stereocenters. The zero-order valence-electron chi connectivity index (χ0n) is 15.4. The van der Waals surface area contributed by atoms with Crippen LogP contribution in [0.4, 0.5) is 10.1 Å². The van der Waals surface area contributed by atoms with Gasteiger partial charge in [0.2, 0.25) is 0 Å². The van der Waals surface area contributed by atoms with Crippen LogP contribution in [0, 0.1) is 5.82 Å². The van der Waals surface area contributed by atoms with Crippen molar-refractivity contribution in [3.05, 3.63) is 64.5 Å². The standard InChI is InChI=1S/C22H21FN2O3/c23-15-2-4-19-18(10-15)20(22(27)24-19)21-17-3-1-13(9-14(17)12-28-21)11-25-7-5-16(26)6-8-25/h1-4,9-10,16,26H,5-8,11-12H2,(H,24,27). The van der Waals surface area contributed by atoms with Crippen LogP contribution in [0.15, 0.2) is 36.4 Å². The Morgan fingerprint density at radius 2 is 1.96 bits per heavy atom. The molecule has 0 spiro atoms. The van der Waals surface area contributed by atoms with Gasteiger partial charge in [-0.3, -0.25) is 9.69 Å². The molecule has 0 unspecified atom stereocenters. The van der Waals surface area contributed by atoms with Crippen molar-refractivity contribution in [1.82, 2.24) is 4.90 Å². The number of anilines is 1. The molecule has 0 radical (unpaired) electrons. The molecule has 6 heteroatoms. The number of carbonyl (C=O) groups is 1. The largest absolute Gasteiger partial charge is 0.487 e. The number of ether oxygens (including phenoxy) is 1. The second-order valence-electron chi connectivity index (χ2n) is 7.64. The molecule has 1 amide bonds. The van der Waals surface area contributed by atoms with E-state index in [4.69, 9.17) is 4.74 Å². The highest BCUT2D eigenvalue weighted by atomic mass is 19.1. The van der Waals surface area contributed by atoms with Gasteiger partial charge in [-0.25, -0.2) is 4.39 Å². The van der Waals surface area contributed by atoms with E-state index in [1.54, 1.807) is 6.07 Å². The van der Waals surface area contributed by atoms with Crippen molar-refractivity contribution in [2.45, 2.75) is 32.1 Å². The monoisotopic (exact) mass is 380 g/mol. The van der Waals surface area contributed by atoms with Crippen molar-refractivity contribution in [3.8, 4) is 0 Å². The number of aliphatic hydroxyl groups is 1. The second-order valence-corrected chi connectivity index (χ2v) is 7.64. The molecule has 2 aromatic rings. The van der Waals surface area contributed by atoms with Crippen LogP contribution in [0.25, 0.3) is 11.3 Å². The van der Waals surface area contributed by atoms with Crippen LogP contribution in [-0.4, -0.2) is 35.1 Å². The van der Waals surface area contributed by atoms with Gasteiger partial charge in [-0.2, -0.15) is 0 Å². The van der Waals surface area contributed by atoms with Crippen LogP contribution in [0.5, 0.6) is 0 Å². The number of rotatable bonds is 2. The minimum absolute atomic E-state index is 0.177. The quantitative estimate of drug-likeness (QED) is 0.786. The van der Waals surface area contributed by atoms with E-state index in [-0.39, 0.29) is 17.8 Å². The molecule has 0 bridgehead atoms. The molecule has 5 nitrogen and oxygen atoms in total. The summed E-state index contributed by atoms with van der Waals surface area (Å²) in [5, 5.41) is 12.4. The van der Waals surface area contributed by atoms with Gasteiger partial charge in [0, 0.05) is 42.0 Å². The third kappa shape index (κ3) is 2.99. The van der Waals surface area contributed by atoms with Gasteiger partial charge in [-0.15, -0.1) is 0 Å². The summed E-state index contributed by atoms with van der Waals surface area (Å²) >= 11 is 0. The molecule has 0 aromatic heterocycles. The molecule has 0 aliphatic carbocycles. The van der Waals surface area contributed by atoms with E-state index in [0.717, 1.165) is 43.6 Å². The Labute approximate surface area is 162 Å². The molecular formula is C22H21FN2O3. The van der Waals surface area contributed by atoms with Crippen molar-refractivity contribution >= 4 is 22.9 Å². The summed E-state index contributed by atoms with van der Waals surface area (Å²) in [6, 6.07) is 10.4.